The maximum absolute atomic E-state index is 12.7. The number of hydrogen-bond donors (Lipinski definition) is 0. The summed E-state index contributed by atoms with van der Waals surface area (Å²) in [5, 5.41) is 0.576. The topological polar surface area (TPSA) is 59.1 Å². The smallest absolute Gasteiger partial charge is 0.327 e. The van der Waals surface area contributed by atoms with Crippen molar-refractivity contribution in [3.8, 4) is 5.75 Å². The summed E-state index contributed by atoms with van der Waals surface area (Å²) in [6.45, 7) is 2.32. The third kappa shape index (κ3) is 5.32. The number of carbonyl (C=O) groups excluding carboxylic acids is 2. The zero-order valence-electron chi connectivity index (χ0n) is 17.3. The third-order valence-electron chi connectivity index (χ3n) is 5.42. The first-order chi connectivity index (χ1) is 14.5. The lowest BCUT2D eigenvalue weighted by atomic mass is 10.0. The molecule has 30 heavy (non-hydrogen) atoms. The third-order valence-corrected chi connectivity index (χ3v) is 5.66. The molecule has 0 spiro atoms. The molecule has 7 heteroatoms. The summed E-state index contributed by atoms with van der Waals surface area (Å²) in [4.78, 5) is 29.1. The SMILES string of the molecule is COC(=O)[C@H](c1cccc(Cl)c1)N1CCN(C(=O)CCc2ccccc2OC)CC1. The molecule has 0 bridgehead atoms. The standard InChI is InChI=1S/C23H27ClN2O4/c1-29-20-9-4-3-6-17(20)10-11-21(27)25-12-14-26(15-13-25)22(23(28)30-2)18-7-5-8-19(24)16-18/h3-9,16,22H,10-15H2,1-2H3/t22-/m0/s1. The lowest BCUT2D eigenvalue weighted by Gasteiger charge is -2.38. The van der Waals surface area contributed by atoms with E-state index in [-0.39, 0.29) is 11.9 Å². The molecule has 0 aromatic heterocycles. The molecular weight excluding hydrogens is 404 g/mol. The molecule has 2 aromatic carbocycles. The van der Waals surface area contributed by atoms with Gasteiger partial charge in [0.15, 0.2) is 0 Å². The van der Waals surface area contributed by atoms with Gasteiger partial charge in [0, 0.05) is 37.6 Å². The molecule has 1 fully saturated rings. The van der Waals surface area contributed by atoms with Crippen LogP contribution in [-0.4, -0.2) is 62.1 Å². The number of aryl methyl sites for hydroxylation is 1. The second-order valence-corrected chi connectivity index (χ2v) is 7.65. The maximum Gasteiger partial charge on any atom is 0.327 e. The number of ether oxygens (including phenoxy) is 2. The normalized spacial score (nSPS) is 15.5. The number of amides is 1. The minimum atomic E-state index is -0.528. The molecule has 0 saturated carbocycles. The number of rotatable bonds is 7. The quantitative estimate of drug-likeness (QED) is 0.630. The zero-order chi connectivity index (χ0) is 21.5. The molecule has 1 heterocycles. The molecule has 1 saturated heterocycles. The lowest BCUT2D eigenvalue weighted by Crippen LogP contribution is -2.51. The van der Waals surface area contributed by atoms with Crippen LogP contribution in [0.2, 0.25) is 5.02 Å². The van der Waals surface area contributed by atoms with Crippen molar-refractivity contribution in [2.75, 3.05) is 40.4 Å². The van der Waals surface area contributed by atoms with Crippen LogP contribution in [0.25, 0.3) is 0 Å². The van der Waals surface area contributed by atoms with E-state index in [0.717, 1.165) is 16.9 Å². The van der Waals surface area contributed by atoms with E-state index in [4.69, 9.17) is 21.1 Å². The highest BCUT2D eigenvalue weighted by Gasteiger charge is 2.32. The molecular formula is C23H27ClN2O4. The largest absolute Gasteiger partial charge is 0.496 e. The molecule has 1 aliphatic heterocycles. The fourth-order valence-electron chi connectivity index (χ4n) is 3.82. The van der Waals surface area contributed by atoms with E-state index in [9.17, 15) is 9.59 Å². The summed E-state index contributed by atoms with van der Waals surface area (Å²) in [7, 11) is 3.02. The highest BCUT2D eigenvalue weighted by atomic mass is 35.5. The lowest BCUT2D eigenvalue weighted by molar-refractivity contribution is -0.148. The summed E-state index contributed by atoms with van der Waals surface area (Å²) in [5.74, 6) is 0.587. The Hall–Kier alpha value is -2.57. The van der Waals surface area contributed by atoms with E-state index in [0.29, 0.717) is 44.0 Å². The van der Waals surface area contributed by atoms with Crippen LogP contribution in [-0.2, 0) is 20.7 Å². The van der Waals surface area contributed by atoms with Crippen molar-refractivity contribution >= 4 is 23.5 Å². The van der Waals surface area contributed by atoms with Gasteiger partial charge in [0.1, 0.15) is 11.8 Å². The van der Waals surface area contributed by atoms with E-state index in [1.54, 1.807) is 19.2 Å². The first-order valence-electron chi connectivity index (χ1n) is 10.0. The summed E-state index contributed by atoms with van der Waals surface area (Å²) in [6, 6.07) is 14.5. The van der Waals surface area contributed by atoms with Crippen molar-refractivity contribution in [3.63, 3.8) is 0 Å². The van der Waals surface area contributed by atoms with Crippen molar-refractivity contribution in [1.29, 1.82) is 0 Å². The highest BCUT2D eigenvalue weighted by molar-refractivity contribution is 6.30. The predicted molar refractivity (Wildman–Crippen MR) is 116 cm³/mol. The van der Waals surface area contributed by atoms with Gasteiger partial charge < -0.3 is 14.4 Å². The van der Waals surface area contributed by atoms with Gasteiger partial charge in [-0.2, -0.15) is 0 Å². The van der Waals surface area contributed by atoms with Gasteiger partial charge >= 0.3 is 5.97 Å². The van der Waals surface area contributed by atoms with Gasteiger partial charge in [-0.25, -0.2) is 4.79 Å². The second kappa shape index (κ2) is 10.5. The second-order valence-electron chi connectivity index (χ2n) is 7.21. The van der Waals surface area contributed by atoms with Crippen LogP contribution >= 0.6 is 11.6 Å². The van der Waals surface area contributed by atoms with Crippen molar-refractivity contribution in [1.82, 2.24) is 9.80 Å². The minimum absolute atomic E-state index is 0.109. The van der Waals surface area contributed by atoms with Gasteiger partial charge in [0.05, 0.1) is 14.2 Å². The molecule has 6 nitrogen and oxygen atoms in total. The molecule has 1 amide bonds. The van der Waals surface area contributed by atoms with Crippen molar-refractivity contribution in [3.05, 3.63) is 64.7 Å². The van der Waals surface area contributed by atoms with Gasteiger partial charge in [0.2, 0.25) is 5.91 Å². The van der Waals surface area contributed by atoms with Crippen LogP contribution in [0.15, 0.2) is 48.5 Å². The summed E-state index contributed by atoms with van der Waals surface area (Å²) in [6.07, 6.45) is 1.06. The van der Waals surface area contributed by atoms with E-state index < -0.39 is 6.04 Å². The Bertz CT molecular complexity index is 881. The number of esters is 1. The number of carbonyl (C=O) groups is 2. The molecule has 0 N–H and O–H groups in total. The maximum atomic E-state index is 12.7. The van der Waals surface area contributed by atoms with E-state index in [2.05, 4.69) is 0 Å². The number of nitrogens with zero attached hydrogens (tertiary/aromatic N) is 2. The number of benzene rings is 2. The van der Waals surface area contributed by atoms with E-state index >= 15 is 0 Å². The number of methoxy groups -OCH3 is 2. The van der Waals surface area contributed by atoms with Crippen molar-refractivity contribution in [2.24, 2.45) is 0 Å². The molecule has 160 valence electrons. The molecule has 1 atom stereocenters. The zero-order valence-corrected chi connectivity index (χ0v) is 18.1. The number of para-hydroxylation sites is 1. The van der Waals surface area contributed by atoms with Gasteiger partial charge in [-0.15, -0.1) is 0 Å². The van der Waals surface area contributed by atoms with Crippen LogP contribution in [0.4, 0.5) is 0 Å². The molecule has 0 unspecified atom stereocenters. The van der Waals surface area contributed by atoms with Crippen molar-refractivity contribution < 1.29 is 19.1 Å². The van der Waals surface area contributed by atoms with Crippen molar-refractivity contribution in [2.45, 2.75) is 18.9 Å². The van der Waals surface area contributed by atoms with Crippen LogP contribution in [0.3, 0.4) is 0 Å². The van der Waals surface area contributed by atoms with E-state index in [1.807, 2.05) is 46.2 Å². The Kier molecular flexibility index (Phi) is 7.71. The highest BCUT2D eigenvalue weighted by Crippen LogP contribution is 2.26. The molecule has 2 aromatic rings. The van der Waals surface area contributed by atoms with E-state index in [1.165, 1.54) is 7.11 Å². The summed E-state index contributed by atoms with van der Waals surface area (Å²) in [5.41, 5.74) is 1.82. The van der Waals surface area contributed by atoms with Crippen LogP contribution in [0.5, 0.6) is 5.75 Å². The Morgan fingerprint density at radius 2 is 1.77 bits per heavy atom. The number of piperazine rings is 1. The van der Waals surface area contributed by atoms with Crippen LogP contribution in [0, 0.1) is 0 Å². The minimum Gasteiger partial charge on any atom is -0.496 e. The molecule has 0 radical (unpaired) electrons. The average molecular weight is 431 g/mol. The Labute approximate surface area is 182 Å². The van der Waals surface area contributed by atoms with Crippen LogP contribution < -0.4 is 4.74 Å². The first kappa shape index (κ1) is 22.1. The average Bonchev–Trinajstić information content (AvgIpc) is 2.78. The molecule has 0 aliphatic carbocycles. The van der Waals surface area contributed by atoms with Crippen LogP contribution in [0.1, 0.15) is 23.6 Å². The van der Waals surface area contributed by atoms with Gasteiger partial charge in [-0.1, -0.05) is 41.9 Å². The van der Waals surface area contributed by atoms with Gasteiger partial charge in [-0.3, -0.25) is 9.69 Å². The number of hydrogen-bond acceptors (Lipinski definition) is 5. The fraction of sp³-hybridized carbons (Fsp3) is 0.391. The predicted octanol–water partition coefficient (Wildman–Crippen LogP) is 3.34. The first-order valence-corrected chi connectivity index (χ1v) is 10.4. The fourth-order valence-corrected chi connectivity index (χ4v) is 4.02. The molecule has 3 rings (SSSR count). The van der Waals surface area contributed by atoms with Gasteiger partial charge in [-0.05, 0) is 35.7 Å². The Morgan fingerprint density at radius 3 is 2.43 bits per heavy atom. The Balaban J connectivity index is 1.59. The molecule has 1 aliphatic rings. The monoisotopic (exact) mass is 430 g/mol. The Morgan fingerprint density at radius 1 is 1.03 bits per heavy atom. The summed E-state index contributed by atoms with van der Waals surface area (Å²) >= 11 is 6.11. The summed E-state index contributed by atoms with van der Waals surface area (Å²) < 4.78 is 10.4. The number of halogens is 1. The van der Waals surface area contributed by atoms with Gasteiger partial charge in [0.25, 0.3) is 0 Å².